The molecule has 1 saturated heterocycles. The zero-order valence-corrected chi connectivity index (χ0v) is 8.91. The highest BCUT2D eigenvalue weighted by Crippen LogP contribution is 2.24. The molecule has 1 aliphatic heterocycles. The van der Waals surface area contributed by atoms with Gasteiger partial charge in [0.05, 0.1) is 6.07 Å². The van der Waals surface area contributed by atoms with Gasteiger partial charge in [-0.3, -0.25) is 0 Å². The van der Waals surface area contributed by atoms with Crippen molar-refractivity contribution in [3.8, 4) is 6.07 Å². The van der Waals surface area contributed by atoms with Gasteiger partial charge in [0.2, 0.25) is 0 Å². The summed E-state index contributed by atoms with van der Waals surface area (Å²) in [5, 5.41) is 8.44. The van der Waals surface area contributed by atoms with E-state index in [0.717, 1.165) is 13.0 Å². The van der Waals surface area contributed by atoms with E-state index in [1.165, 1.54) is 18.9 Å². The van der Waals surface area contributed by atoms with Gasteiger partial charge in [0, 0.05) is 13.0 Å². The molecule has 0 N–H and O–H groups in total. The normalized spacial score (nSPS) is 26.2. The molecule has 68 valence electrons. The van der Waals surface area contributed by atoms with Crippen molar-refractivity contribution in [2.75, 3.05) is 6.61 Å². The van der Waals surface area contributed by atoms with Crippen LogP contribution in [0.5, 0.6) is 0 Å². The van der Waals surface area contributed by atoms with Gasteiger partial charge >= 0.3 is 0 Å². The van der Waals surface area contributed by atoms with Crippen molar-refractivity contribution < 1.29 is 4.43 Å². The SMILES string of the molecule is CC(CCC#N)[SiH]1CCCCO1. The molecule has 3 heteroatoms. The zero-order chi connectivity index (χ0) is 8.81. The molecular weight excluding hydrogens is 166 g/mol. The Morgan fingerprint density at radius 3 is 3.00 bits per heavy atom. The highest BCUT2D eigenvalue weighted by molar-refractivity contribution is 6.53. The van der Waals surface area contributed by atoms with Gasteiger partial charge < -0.3 is 4.43 Å². The third-order valence-electron chi connectivity index (χ3n) is 2.56. The fraction of sp³-hybridized carbons (Fsp3) is 0.889. The number of hydrogen-bond acceptors (Lipinski definition) is 2. The van der Waals surface area contributed by atoms with Crippen LogP contribution in [0.15, 0.2) is 0 Å². The molecule has 0 spiro atoms. The minimum atomic E-state index is -0.903. The fourth-order valence-corrected chi connectivity index (χ4v) is 4.46. The van der Waals surface area contributed by atoms with Gasteiger partial charge in [0.1, 0.15) is 0 Å². The van der Waals surface area contributed by atoms with Crippen molar-refractivity contribution in [2.45, 2.75) is 44.2 Å². The largest absolute Gasteiger partial charge is 0.420 e. The number of nitrogens with zero attached hydrogens (tertiary/aromatic N) is 1. The van der Waals surface area contributed by atoms with Gasteiger partial charge in [0.25, 0.3) is 0 Å². The van der Waals surface area contributed by atoms with E-state index in [2.05, 4.69) is 13.0 Å². The maximum atomic E-state index is 8.44. The molecule has 0 aromatic rings. The molecule has 0 saturated carbocycles. The first-order valence-corrected chi connectivity index (χ1v) is 6.78. The maximum absolute atomic E-state index is 8.44. The van der Waals surface area contributed by atoms with Gasteiger partial charge in [0.15, 0.2) is 9.04 Å². The van der Waals surface area contributed by atoms with E-state index >= 15 is 0 Å². The third-order valence-corrected chi connectivity index (χ3v) is 5.80. The summed E-state index contributed by atoms with van der Waals surface area (Å²) in [6.07, 6.45) is 4.35. The average molecular weight is 183 g/mol. The molecule has 12 heavy (non-hydrogen) atoms. The van der Waals surface area contributed by atoms with Crippen molar-refractivity contribution in [3.63, 3.8) is 0 Å². The van der Waals surface area contributed by atoms with E-state index < -0.39 is 9.04 Å². The summed E-state index contributed by atoms with van der Waals surface area (Å²) < 4.78 is 5.77. The first kappa shape index (κ1) is 9.75. The van der Waals surface area contributed by atoms with Crippen molar-refractivity contribution in [1.29, 1.82) is 5.26 Å². The molecule has 0 amide bonds. The second kappa shape index (κ2) is 5.34. The molecule has 1 heterocycles. The van der Waals surface area contributed by atoms with Crippen molar-refractivity contribution in [2.24, 2.45) is 0 Å². The summed E-state index contributed by atoms with van der Waals surface area (Å²) in [5.41, 5.74) is 0.699. The van der Waals surface area contributed by atoms with Crippen LogP contribution in [-0.4, -0.2) is 15.6 Å². The molecule has 0 aliphatic carbocycles. The Kier molecular flexibility index (Phi) is 4.34. The lowest BCUT2D eigenvalue weighted by Crippen LogP contribution is -2.27. The standard InChI is InChI=1S/C9H17NOSi/c1-9(5-4-6-10)12-8-3-2-7-11-12/h9,12H,2-5,7-8H2,1H3. The van der Waals surface area contributed by atoms with Crippen LogP contribution in [0.1, 0.15) is 32.6 Å². The van der Waals surface area contributed by atoms with Gasteiger partial charge in [-0.2, -0.15) is 5.26 Å². The second-order valence-electron chi connectivity index (χ2n) is 3.58. The van der Waals surface area contributed by atoms with Crippen molar-refractivity contribution >= 4 is 9.04 Å². The lowest BCUT2D eigenvalue weighted by Gasteiger charge is -2.25. The Bertz CT molecular complexity index is 160. The summed E-state index contributed by atoms with van der Waals surface area (Å²) in [6.45, 7) is 3.23. The molecule has 1 rings (SSSR count). The molecule has 2 atom stereocenters. The summed E-state index contributed by atoms with van der Waals surface area (Å²) in [4.78, 5) is 0. The molecular formula is C9H17NOSi. The quantitative estimate of drug-likeness (QED) is 0.628. The lowest BCUT2D eigenvalue weighted by atomic mass is 10.3. The fourth-order valence-electron chi connectivity index (χ4n) is 1.69. The summed E-state index contributed by atoms with van der Waals surface area (Å²) >= 11 is 0. The molecule has 1 fully saturated rings. The van der Waals surface area contributed by atoms with E-state index in [4.69, 9.17) is 9.69 Å². The first-order valence-electron chi connectivity index (χ1n) is 4.83. The van der Waals surface area contributed by atoms with Gasteiger partial charge in [-0.25, -0.2) is 0 Å². The summed E-state index contributed by atoms with van der Waals surface area (Å²) in [6, 6.07) is 3.53. The third kappa shape index (κ3) is 2.96. The Balaban J connectivity index is 2.21. The zero-order valence-electron chi connectivity index (χ0n) is 7.75. The molecule has 2 unspecified atom stereocenters. The molecule has 0 bridgehead atoms. The molecule has 1 aliphatic rings. The van der Waals surface area contributed by atoms with E-state index in [1.54, 1.807) is 0 Å². The smallest absolute Gasteiger partial charge is 0.179 e. The highest BCUT2D eigenvalue weighted by Gasteiger charge is 2.22. The van der Waals surface area contributed by atoms with Crippen LogP contribution in [-0.2, 0) is 4.43 Å². The molecule has 0 radical (unpaired) electrons. The van der Waals surface area contributed by atoms with Crippen LogP contribution < -0.4 is 0 Å². The van der Waals surface area contributed by atoms with Crippen molar-refractivity contribution in [1.82, 2.24) is 0 Å². The topological polar surface area (TPSA) is 33.0 Å². The van der Waals surface area contributed by atoms with E-state index in [1.807, 2.05) is 0 Å². The predicted octanol–water partition coefficient (Wildman–Crippen LogP) is 2.21. The Hall–Kier alpha value is -0.333. The Morgan fingerprint density at radius 1 is 1.58 bits per heavy atom. The summed E-state index contributed by atoms with van der Waals surface area (Å²) in [5.74, 6) is 0. The van der Waals surface area contributed by atoms with Gasteiger partial charge in [-0.15, -0.1) is 0 Å². The van der Waals surface area contributed by atoms with E-state index in [-0.39, 0.29) is 0 Å². The molecule has 0 aromatic carbocycles. The number of hydrogen-bond donors (Lipinski definition) is 0. The first-order chi connectivity index (χ1) is 5.84. The van der Waals surface area contributed by atoms with E-state index in [9.17, 15) is 0 Å². The van der Waals surface area contributed by atoms with Crippen molar-refractivity contribution in [3.05, 3.63) is 0 Å². The molecule has 0 aromatic heterocycles. The van der Waals surface area contributed by atoms with Crippen LogP contribution in [0.2, 0.25) is 11.6 Å². The average Bonchev–Trinajstić information content (AvgIpc) is 2.15. The van der Waals surface area contributed by atoms with E-state index in [0.29, 0.717) is 12.0 Å². The minimum Gasteiger partial charge on any atom is -0.420 e. The van der Waals surface area contributed by atoms with Gasteiger partial charge in [-0.05, 0) is 24.4 Å². The monoisotopic (exact) mass is 183 g/mol. The Labute approximate surface area is 76.3 Å². The number of rotatable bonds is 3. The molecule has 2 nitrogen and oxygen atoms in total. The maximum Gasteiger partial charge on any atom is 0.179 e. The van der Waals surface area contributed by atoms with Crippen LogP contribution in [0, 0.1) is 11.3 Å². The highest BCUT2D eigenvalue weighted by atomic mass is 28.3. The summed E-state index contributed by atoms with van der Waals surface area (Å²) in [7, 11) is -0.903. The van der Waals surface area contributed by atoms with Gasteiger partial charge in [-0.1, -0.05) is 13.3 Å². The minimum absolute atomic E-state index is 0.699. The Morgan fingerprint density at radius 2 is 2.42 bits per heavy atom. The predicted molar refractivity (Wildman–Crippen MR) is 51.4 cm³/mol. The second-order valence-corrected chi connectivity index (χ2v) is 6.70. The van der Waals surface area contributed by atoms with Crippen LogP contribution in [0.4, 0.5) is 0 Å². The van der Waals surface area contributed by atoms with Crippen LogP contribution in [0.25, 0.3) is 0 Å². The van der Waals surface area contributed by atoms with Crippen LogP contribution >= 0.6 is 0 Å². The number of nitriles is 1. The van der Waals surface area contributed by atoms with Crippen LogP contribution in [0.3, 0.4) is 0 Å². The lowest BCUT2D eigenvalue weighted by molar-refractivity contribution is 0.279.